The van der Waals surface area contributed by atoms with Crippen LogP contribution in [0.5, 0.6) is 0 Å². The minimum atomic E-state index is -0.522. The maximum absolute atomic E-state index is 9.96. The van der Waals surface area contributed by atoms with Crippen LogP contribution in [0.3, 0.4) is 0 Å². The third-order valence-corrected chi connectivity index (χ3v) is 3.33. The summed E-state index contributed by atoms with van der Waals surface area (Å²) in [5.74, 6) is 0.849. The van der Waals surface area contributed by atoms with Gasteiger partial charge in [0.25, 0.3) is 0 Å². The van der Waals surface area contributed by atoms with E-state index >= 15 is 0 Å². The minimum absolute atomic E-state index is 0.522. The van der Waals surface area contributed by atoms with Crippen molar-refractivity contribution >= 4 is 11.5 Å². The Morgan fingerprint density at radius 3 is 2.55 bits per heavy atom. The van der Waals surface area contributed by atoms with Crippen LogP contribution in [-0.4, -0.2) is 16.6 Å². The molecule has 0 saturated carbocycles. The van der Waals surface area contributed by atoms with Gasteiger partial charge in [-0.2, -0.15) is 0 Å². The molecule has 1 aromatic heterocycles. The van der Waals surface area contributed by atoms with Crippen molar-refractivity contribution in [3.8, 4) is 0 Å². The molecule has 0 spiro atoms. The molecule has 3 nitrogen and oxygen atoms in total. The number of hydrogen-bond donors (Lipinski definition) is 1. The molecule has 0 amide bonds. The first kappa shape index (κ1) is 14.5. The SMILES string of the molecule is CCCCN(c1ccccc1)c1ncccc1[C@H](C)O. The zero-order valence-corrected chi connectivity index (χ0v) is 12.2. The van der Waals surface area contributed by atoms with E-state index in [0.717, 1.165) is 36.5 Å². The van der Waals surface area contributed by atoms with Gasteiger partial charge < -0.3 is 10.0 Å². The lowest BCUT2D eigenvalue weighted by molar-refractivity contribution is 0.199. The predicted octanol–water partition coefficient (Wildman–Crippen LogP) is 4.07. The van der Waals surface area contributed by atoms with Crippen molar-refractivity contribution in [2.24, 2.45) is 0 Å². The number of unbranched alkanes of at least 4 members (excludes halogenated alkanes) is 1. The summed E-state index contributed by atoms with van der Waals surface area (Å²) in [7, 11) is 0. The molecule has 0 aliphatic heterocycles. The van der Waals surface area contributed by atoms with Gasteiger partial charge in [0, 0.05) is 24.0 Å². The van der Waals surface area contributed by atoms with Gasteiger partial charge in [0.15, 0.2) is 0 Å². The van der Waals surface area contributed by atoms with Crippen LogP contribution in [0.25, 0.3) is 0 Å². The number of hydrogen-bond acceptors (Lipinski definition) is 3. The third kappa shape index (κ3) is 3.36. The Hall–Kier alpha value is -1.87. The summed E-state index contributed by atoms with van der Waals surface area (Å²) >= 11 is 0. The van der Waals surface area contributed by atoms with E-state index in [2.05, 4.69) is 28.9 Å². The van der Waals surface area contributed by atoms with Gasteiger partial charge in [-0.25, -0.2) is 4.98 Å². The lowest BCUT2D eigenvalue weighted by Crippen LogP contribution is -2.21. The molecule has 1 heterocycles. The molecule has 1 atom stereocenters. The Labute approximate surface area is 120 Å². The molecule has 1 aromatic carbocycles. The Morgan fingerprint density at radius 1 is 1.15 bits per heavy atom. The van der Waals surface area contributed by atoms with Crippen molar-refractivity contribution in [2.45, 2.75) is 32.8 Å². The maximum atomic E-state index is 9.96. The van der Waals surface area contributed by atoms with Gasteiger partial charge in [-0.15, -0.1) is 0 Å². The molecule has 0 saturated heterocycles. The van der Waals surface area contributed by atoms with Gasteiger partial charge in [0.1, 0.15) is 5.82 Å². The van der Waals surface area contributed by atoms with Gasteiger partial charge >= 0.3 is 0 Å². The van der Waals surface area contributed by atoms with E-state index in [1.165, 1.54) is 0 Å². The molecule has 2 rings (SSSR count). The monoisotopic (exact) mass is 270 g/mol. The molecule has 0 bridgehead atoms. The fourth-order valence-corrected chi connectivity index (χ4v) is 2.24. The highest BCUT2D eigenvalue weighted by atomic mass is 16.3. The smallest absolute Gasteiger partial charge is 0.138 e. The Bertz CT molecular complexity index is 526. The summed E-state index contributed by atoms with van der Waals surface area (Å²) in [5, 5.41) is 9.96. The molecule has 0 unspecified atom stereocenters. The summed E-state index contributed by atoms with van der Waals surface area (Å²) < 4.78 is 0. The van der Waals surface area contributed by atoms with E-state index in [9.17, 15) is 5.11 Å². The van der Waals surface area contributed by atoms with Crippen molar-refractivity contribution in [3.05, 3.63) is 54.2 Å². The molecule has 2 aromatic rings. The summed E-state index contributed by atoms with van der Waals surface area (Å²) in [6, 6.07) is 14.0. The maximum Gasteiger partial charge on any atom is 0.138 e. The van der Waals surface area contributed by atoms with E-state index in [1.807, 2.05) is 30.3 Å². The van der Waals surface area contributed by atoms with Crippen LogP contribution in [0, 0.1) is 0 Å². The van der Waals surface area contributed by atoms with Gasteiger partial charge in [0.05, 0.1) is 6.10 Å². The zero-order valence-electron chi connectivity index (χ0n) is 12.2. The van der Waals surface area contributed by atoms with Crippen molar-refractivity contribution in [1.82, 2.24) is 4.98 Å². The van der Waals surface area contributed by atoms with Crippen LogP contribution in [0.4, 0.5) is 11.5 Å². The second-order valence-corrected chi connectivity index (χ2v) is 4.93. The van der Waals surface area contributed by atoms with Gasteiger partial charge in [0.2, 0.25) is 0 Å². The fraction of sp³-hybridized carbons (Fsp3) is 0.353. The normalized spacial score (nSPS) is 12.2. The lowest BCUT2D eigenvalue weighted by atomic mass is 10.1. The van der Waals surface area contributed by atoms with E-state index in [0.29, 0.717) is 0 Å². The van der Waals surface area contributed by atoms with Crippen LogP contribution in [0.15, 0.2) is 48.7 Å². The number of aromatic nitrogens is 1. The number of anilines is 2. The molecule has 3 heteroatoms. The van der Waals surface area contributed by atoms with Crippen molar-refractivity contribution in [3.63, 3.8) is 0 Å². The van der Waals surface area contributed by atoms with E-state index in [4.69, 9.17) is 0 Å². The number of pyridine rings is 1. The molecule has 106 valence electrons. The average Bonchev–Trinajstić information content (AvgIpc) is 2.49. The first-order valence-corrected chi connectivity index (χ1v) is 7.19. The number of rotatable bonds is 6. The van der Waals surface area contributed by atoms with Crippen LogP contribution >= 0.6 is 0 Å². The van der Waals surface area contributed by atoms with Crippen molar-refractivity contribution in [2.75, 3.05) is 11.4 Å². The predicted molar refractivity (Wildman–Crippen MR) is 83.2 cm³/mol. The first-order chi connectivity index (χ1) is 9.74. The zero-order chi connectivity index (χ0) is 14.4. The van der Waals surface area contributed by atoms with Crippen LogP contribution in [0.1, 0.15) is 38.4 Å². The number of aliphatic hydroxyl groups excluding tert-OH is 1. The molecule has 0 aliphatic carbocycles. The Balaban J connectivity index is 2.41. The van der Waals surface area contributed by atoms with Crippen LogP contribution in [0.2, 0.25) is 0 Å². The molecular formula is C17H22N2O. The Kier molecular flexibility index (Phi) is 5.13. The highest BCUT2D eigenvalue weighted by Crippen LogP contribution is 2.30. The first-order valence-electron chi connectivity index (χ1n) is 7.19. The van der Waals surface area contributed by atoms with Crippen molar-refractivity contribution in [1.29, 1.82) is 0 Å². The van der Waals surface area contributed by atoms with Gasteiger partial charge in [-0.05, 0) is 31.5 Å². The van der Waals surface area contributed by atoms with Crippen LogP contribution in [-0.2, 0) is 0 Å². The summed E-state index contributed by atoms with van der Waals surface area (Å²) in [4.78, 5) is 6.68. The second-order valence-electron chi connectivity index (χ2n) is 4.93. The average molecular weight is 270 g/mol. The van der Waals surface area contributed by atoms with Crippen molar-refractivity contribution < 1.29 is 5.11 Å². The van der Waals surface area contributed by atoms with E-state index < -0.39 is 6.10 Å². The van der Waals surface area contributed by atoms with Gasteiger partial charge in [-0.3, -0.25) is 0 Å². The lowest BCUT2D eigenvalue weighted by Gasteiger charge is -2.26. The summed E-state index contributed by atoms with van der Waals surface area (Å²) in [5.41, 5.74) is 1.98. The number of benzene rings is 1. The third-order valence-electron chi connectivity index (χ3n) is 3.33. The molecule has 0 radical (unpaired) electrons. The summed E-state index contributed by atoms with van der Waals surface area (Å²) in [6.07, 6.45) is 3.47. The molecular weight excluding hydrogens is 248 g/mol. The standard InChI is InChI=1S/C17H22N2O/c1-3-4-13-19(15-9-6-5-7-10-15)17-16(14(2)20)11-8-12-18-17/h5-12,14,20H,3-4,13H2,1-2H3/t14-/m0/s1. The molecule has 20 heavy (non-hydrogen) atoms. The van der Waals surface area contributed by atoms with E-state index in [-0.39, 0.29) is 0 Å². The van der Waals surface area contributed by atoms with Crippen LogP contribution < -0.4 is 4.90 Å². The fourth-order valence-electron chi connectivity index (χ4n) is 2.24. The topological polar surface area (TPSA) is 36.4 Å². The number of para-hydroxylation sites is 1. The quantitative estimate of drug-likeness (QED) is 0.859. The molecule has 1 N–H and O–H groups in total. The van der Waals surface area contributed by atoms with Gasteiger partial charge in [-0.1, -0.05) is 37.6 Å². The Morgan fingerprint density at radius 2 is 1.90 bits per heavy atom. The molecule has 0 aliphatic rings. The highest BCUT2D eigenvalue weighted by Gasteiger charge is 2.16. The minimum Gasteiger partial charge on any atom is -0.389 e. The number of nitrogens with zero attached hydrogens (tertiary/aromatic N) is 2. The highest BCUT2D eigenvalue weighted by molar-refractivity contribution is 5.63. The molecule has 0 fully saturated rings. The largest absolute Gasteiger partial charge is 0.389 e. The second kappa shape index (κ2) is 7.06. The summed E-state index contributed by atoms with van der Waals surface area (Å²) in [6.45, 7) is 4.86. The van der Waals surface area contributed by atoms with E-state index in [1.54, 1.807) is 13.1 Å². The number of aliphatic hydroxyl groups is 1.